The van der Waals surface area contributed by atoms with Crippen molar-refractivity contribution in [1.82, 2.24) is 4.98 Å². The number of aliphatic carboxylic acids is 1. The van der Waals surface area contributed by atoms with Crippen molar-refractivity contribution in [3.63, 3.8) is 0 Å². The fraction of sp³-hybridized carbons (Fsp3) is 0.250. The minimum absolute atomic E-state index is 0.144. The van der Waals surface area contributed by atoms with Crippen molar-refractivity contribution in [3.05, 3.63) is 26.8 Å². The van der Waals surface area contributed by atoms with E-state index >= 15 is 0 Å². The van der Waals surface area contributed by atoms with Gasteiger partial charge in [0, 0.05) is 6.07 Å². The Morgan fingerprint density at radius 2 is 2.20 bits per heavy atom. The molecule has 0 aliphatic heterocycles. The molecule has 1 N–H and O–H groups in total. The Morgan fingerprint density at radius 1 is 1.60 bits per heavy atom. The van der Waals surface area contributed by atoms with Gasteiger partial charge < -0.3 is 5.11 Å². The number of carboxylic acids is 1. The Hall–Kier alpha value is -0.860. The van der Waals surface area contributed by atoms with E-state index in [0.29, 0.717) is 0 Å². The van der Waals surface area contributed by atoms with Crippen LogP contribution in [0.5, 0.6) is 0 Å². The SMILES string of the molecule is O=C(O)Cc1nc(I)cc(F)c1C(F)F. The van der Waals surface area contributed by atoms with Crippen molar-refractivity contribution in [1.29, 1.82) is 0 Å². The summed E-state index contributed by atoms with van der Waals surface area (Å²) in [5.41, 5.74) is -1.36. The largest absolute Gasteiger partial charge is 0.481 e. The molecular weight excluding hydrogens is 326 g/mol. The van der Waals surface area contributed by atoms with E-state index in [0.717, 1.165) is 6.07 Å². The van der Waals surface area contributed by atoms with Crippen molar-refractivity contribution in [2.24, 2.45) is 0 Å². The van der Waals surface area contributed by atoms with Crippen molar-refractivity contribution in [2.75, 3.05) is 0 Å². The van der Waals surface area contributed by atoms with E-state index in [1.807, 2.05) is 0 Å². The summed E-state index contributed by atoms with van der Waals surface area (Å²) in [6.07, 6.45) is -3.78. The quantitative estimate of drug-likeness (QED) is 0.684. The third-order valence-corrected chi connectivity index (χ3v) is 2.15. The number of aromatic nitrogens is 1. The number of halogens is 4. The van der Waals surface area contributed by atoms with E-state index in [1.54, 1.807) is 22.6 Å². The molecule has 7 heteroatoms. The molecule has 0 unspecified atom stereocenters. The van der Waals surface area contributed by atoms with E-state index in [2.05, 4.69) is 4.98 Å². The monoisotopic (exact) mass is 331 g/mol. The first kappa shape index (κ1) is 12.2. The van der Waals surface area contributed by atoms with Crippen LogP contribution in [0.1, 0.15) is 17.7 Å². The van der Waals surface area contributed by atoms with Crippen LogP contribution in [0.15, 0.2) is 6.07 Å². The predicted molar refractivity (Wildman–Crippen MR) is 53.2 cm³/mol. The van der Waals surface area contributed by atoms with Crippen LogP contribution in [0.25, 0.3) is 0 Å². The minimum Gasteiger partial charge on any atom is -0.481 e. The second-order valence-electron chi connectivity index (χ2n) is 2.66. The first-order chi connectivity index (χ1) is 6.91. The van der Waals surface area contributed by atoms with Crippen molar-refractivity contribution < 1.29 is 23.1 Å². The van der Waals surface area contributed by atoms with Gasteiger partial charge in [-0.05, 0) is 22.6 Å². The lowest BCUT2D eigenvalue weighted by Gasteiger charge is -2.07. The molecule has 0 spiro atoms. The van der Waals surface area contributed by atoms with Crippen LogP contribution in [-0.2, 0) is 11.2 Å². The molecular formula is C8H5F3INO2. The molecule has 0 saturated carbocycles. The van der Waals surface area contributed by atoms with Gasteiger partial charge in [-0.15, -0.1) is 0 Å². The minimum atomic E-state index is -3.07. The van der Waals surface area contributed by atoms with Gasteiger partial charge in [0.15, 0.2) is 0 Å². The highest BCUT2D eigenvalue weighted by atomic mass is 127. The van der Waals surface area contributed by atoms with Crippen LogP contribution in [0.3, 0.4) is 0 Å². The van der Waals surface area contributed by atoms with E-state index in [-0.39, 0.29) is 3.70 Å². The van der Waals surface area contributed by atoms with Gasteiger partial charge in [-0.2, -0.15) is 0 Å². The lowest BCUT2D eigenvalue weighted by Crippen LogP contribution is -2.09. The molecule has 0 bridgehead atoms. The molecule has 1 rings (SSSR count). The summed E-state index contributed by atoms with van der Waals surface area (Å²) < 4.78 is 38.0. The molecule has 0 amide bonds. The summed E-state index contributed by atoms with van der Waals surface area (Å²) in [6, 6.07) is 0.841. The molecule has 0 aromatic carbocycles. The third kappa shape index (κ3) is 3.05. The number of hydrogen-bond acceptors (Lipinski definition) is 2. The van der Waals surface area contributed by atoms with Crippen LogP contribution < -0.4 is 0 Å². The number of hydrogen-bond donors (Lipinski definition) is 1. The lowest BCUT2D eigenvalue weighted by molar-refractivity contribution is -0.136. The standard InChI is InChI=1S/C8H5F3INO2/c9-3-1-5(12)13-4(2-6(14)15)7(3)8(10)11/h1,8H,2H2,(H,14,15). The fourth-order valence-electron chi connectivity index (χ4n) is 1.05. The zero-order valence-electron chi connectivity index (χ0n) is 7.18. The predicted octanol–water partition coefficient (Wildman–Crippen LogP) is 2.39. The average molecular weight is 331 g/mol. The van der Waals surface area contributed by atoms with Crippen molar-refractivity contribution in [3.8, 4) is 0 Å². The molecule has 0 radical (unpaired) electrons. The zero-order chi connectivity index (χ0) is 11.6. The van der Waals surface area contributed by atoms with Gasteiger partial charge in [0.2, 0.25) is 0 Å². The van der Waals surface area contributed by atoms with Crippen LogP contribution in [0.2, 0.25) is 0 Å². The molecule has 0 atom stereocenters. The summed E-state index contributed by atoms with van der Waals surface area (Å²) in [4.78, 5) is 13.9. The van der Waals surface area contributed by atoms with Gasteiger partial charge in [0.1, 0.15) is 9.52 Å². The van der Waals surface area contributed by atoms with Crippen LogP contribution in [0, 0.1) is 9.52 Å². The molecule has 0 fully saturated rings. The molecule has 82 valence electrons. The number of carboxylic acid groups (broad SMARTS) is 1. The van der Waals surface area contributed by atoms with Gasteiger partial charge >= 0.3 is 5.97 Å². The van der Waals surface area contributed by atoms with E-state index in [4.69, 9.17) is 5.11 Å². The van der Waals surface area contributed by atoms with Gasteiger partial charge in [-0.1, -0.05) is 0 Å². The van der Waals surface area contributed by atoms with E-state index < -0.39 is 35.9 Å². The maximum atomic E-state index is 13.1. The topological polar surface area (TPSA) is 50.2 Å². The van der Waals surface area contributed by atoms with Crippen LogP contribution in [-0.4, -0.2) is 16.1 Å². The molecule has 1 aromatic heterocycles. The van der Waals surface area contributed by atoms with Gasteiger partial charge in [0.25, 0.3) is 6.43 Å². The highest BCUT2D eigenvalue weighted by molar-refractivity contribution is 14.1. The number of nitrogens with zero attached hydrogens (tertiary/aromatic N) is 1. The normalized spacial score (nSPS) is 10.7. The summed E-state index contributed by atoms with van der Waals surface area (Å²) in [6.45, 7) is 0. The number of carbonyl (C=O) groups is 1. The molecule has 0 aliphatic carbocycles. The van der Waals surface area contributed by atoms with Gasteiger partial charge in [-0.3, -0.25) is 4.79 Å². The summed E-state index contributed by atoms with van der Waals surface area (Å²) >= 11 is 1.63. The Balaban J connectivity index is 3.26. The molecule has 1 aromatic rings. The maximum Gasteiger partial charge on any atom is 0.309 e. The summed E-state index contributed by atoms with van der Waals surface area (Å²) in [7, 11) is 0. The smallest absolute Gasteiger partial charge is 0.309 e. The Morgan fingerprint density at radius 3 is 2.67 bits per heavy atom. The third-order valence-electron chi connectivity index (χ3n) is 1.59. The van der Waals surface area contributed by atoms with Crippen molar-refractivity contribution in [2.45, 2.75) is 12.8 Å². The highest BCUT2D eigenvalue weighted by Crippen LogP contribution is 2.26. The molecule has 3 nitrogen and oxygen atoms in total. The average Bonchev–Trinajstić information content (AvgIpc) is 1.99. The van der Waals surface area contributed by atoms with E-state index in [9.17, 15) is 18.0 Å². The van der Waals surface area contributed by atoms with Crippen LogP contribution >= 0.6 is 22.6 Å². The number of alkyl halides is 2. The summed E-state index contributed by atoms with van der Waals surface area (Å²) in [5, 5.41) is 8.45. The molecule has 0 saturated heterocycles. The Kier molecular flexibility index (Phi) is 3.89. The maximum absolute atomic E-state index is 13.1. The second kappa shape index (κ2) is 4.77. The van der Waals surface area contributed by atoms with Crippen molar-refractivity contribution >= 4 is 28.6 Å². The van der Waals surface area contributed by atoms with Gasteiger partial charge in [0.05, 0.1) is 17.7 Å². The Bertz CT molecular complexity index is 398. The number of pyridine rings is 1. The first-order valence-corrected chi connectivity index (χ1v) is 4.84. The number of rotatable bonds is 3. The highest BCUT2D eigenvalue weighted by Gasteiger charge is 2.22. The van der Waals surface area contributed by atoms with Crippen LogP contribution in [0.4, 0.5) is 13.2 Å². The first-order valence-electron chi connectivity index (χ1n) is 3.76. The molecule has 1 heterocycles. The van der Waals surface area contributed by atoms with Gasteiger partial charge in [-0.25, -0.2) is 18.2 Å². The van der Waals surface area contributed by atoms with E-state index in [1.165, 1.54) is 0 Å². The Labute approximate surface area is 96.5 Å². The lowest BCUT2D eigenvalue weighted by atomic mass is 10.1. The molecule has 15 heavy (non-hydrogen) atoms. The molecule has 0 aliphatic rings. The second-order valence-corrected chi connectivity index (χ2v) is 3.76. The summed E-state index contributed by atoms with van der Waals surface area (Å²) in [5.74, 6) is -2.45. The zero-order valence-corrected chi connectivity index (χ0v) is 9.33. The fourth-order valence-corrected chi connectivity index (χ4v) is 1.61.